The van der Waals surface area contributed by atoms with E-state index < -0.39 is 0 Å². The Morgan fingerprint density at radius 3 is 2.76 bits per heavy atom. The van der Waals surface area contributed by atoms with Crippen LogP contribution in [0.15, 0.2) is 29.3 Å². The summed E-state index contributed by atoms with van der Waals surface area (Å²) in [6, 6.07) is 7.64. The lowest BCUT2D eigenvalue weighted by molar-refractivity contribution is 0.223. The van der Waals surface area contributed by atoms with Crippen molar-refractivity contribution in [3.63, 3.8) is 0 Å². The zero-order chi connectivity index (χ0) is 15.1. The molecular weight excluding hydrogens is 266 g/mol. The average molecular weight is 291 g/mol. The van der Waals surface area contributed by atoms with Crippen molar-refractivity contribution in [1.29, 1.82) is 0 Å². The van der Waals surface area contributed by atoms with E-state index in [0.717, 1.165) is 29.9 Å². The van der Waals surface area contributed by atoms with Crippen LogP contribution in [0, 0.1) is 5.92 Å². The van der Waals surface area contributed by atoms with E-state index in [9.17, 15) is 0 Å². The Bertz CT molecular complexity index is 472. The Labute approximate surface area is 126 Å². The molecule has 1 aromatic rings. The molecule has 1 fully saturated rings. The number of ether oxygens (including phenoxy) is 2. The average Bonchev–Trinajstić information content (AvgIpc) is 3.32. The Morgan fingerprint density at radius 1 is 1.33 bits per heavy atom. The number of methoxy groups -OCH3 is 1. The zero-order valence-corrected chi connectivity index (χ0v) is 13.1. The lowest BCUT2D eigenvalue weighted by Gasteiger charge is -2.18. The predicted octanol–water partition coefficient (Wildman–Crippen LogP) is 2.04. The lowest BCUT2D eigenvalue weighted by atomic mass is 10.3. The predicted molar refractivity (Wildman–Crippen MR) is 85.2 cm³/mol. The summed E-state index contributed by atoms with van der Waals surface area (Å²) < 4.78 is 11.1. The Kier molecular flexibility index (Phi) is 5.72. The van der Waals surface area contributed by atoms with E-state index >= 15 is 0 Å². The summed E-state index contributed by atoms with van der Waals surface area (Å²) in [5.74, 6) is 3.27. The molecule has 2 rings (SSSR count). The smallest absolute Gasteiger partial charge is 0.191 e. The van der Waals surface area contributed by atoms with E-state index in [0.29, 0.717) is 6.54 Å². The summed E-state index contributed by atoms with van der Waals surface area (Å²) in [4.78, 5) is 4.21. The Morgan fingerprint density at radius 2 is 2.10 bits per heavy atom. The third-order valence-corrected chi connectivity index (χ3v) is 3.41. The molecule has 0 spiro atoms. The van der Waals surface area contributed by atoms with Crippen LogP contribution < -0.4 is 20.1 Å². The highest BCUT2D eigenvalue weighted by atomic mass is 16.5. The molecule has 1 unspecified atom stereocenters. The molecule has 116 valence electrons. The van der Waals surface area contributed by atoms with Gasteiger partial charge in [0.15, 0.2) is 5.96 Å². The fourth-order valence-corrected chi connectivity index (χ4v) is 1.97. The highest BCUT2D eigenvalue weighted by Gasteiger charge is 2.21. The first-order valence-corrected chi connectivity index (χ1v) is 7.46. The summed E-state index contributed by atoms with van der Waals surface area (Å²) in [6.07, 6.45) is 2.70. The number of hydrogen-bond donors (Lipinski definition) is 2. The number of rotatable bonds is 7. The quantitative estimate of drug-likeness (QED) is 0.596. The summed E-state index contributed by atoms with van der Waals surface area (Å²) >= 11 is 0. The number of benzene rings is 1. The van der Waals surface area contributed by atoms with Crippen LogP contribution in [0.1, 0.15) is 19.8 Å². The monoisotopic (exact) mass is 291 g/mol. The highest BCUT2D eigenvalue weighted by molar-refractivity contribution is 5.79. The van der Waals surface area contributed by atoms with Gasteiger partial charge in [0.2, 0.25) is 0 Å². The SMILES string of the molecule is CN=C(NCC1CC1)NCC(C)Oc1cccc(OC)c1. The lowest BCUT2D eigenvalue weighted by Crippen LogP contribution is -2.42. The topological polar surface area (TPSA) is 54.9 Å². The second kappa shape index (κ2) is 7.76. The van der Waals surface area contributed by atoms with Gasteiger partial charge in [-0.2, -0.15) is 0 Å². The molecule has 0 bridgehead atoms. The highest BCUT2D eigenvalue weighted by Crippen LogP contribution is 2.27. The molecule has 1 atom stereocenters. The molecular formula is C16H25N3O2. The first kappa shape index (κ1) is 15.5. The number of guanidine groups is 1. The molecule has 0 radical (unpaired) electrons. The van der Waals surface area contributed by atoms with E-state index in [4.69, 9.17) is 9.47 Å². The Balaban J connectivity index is 1.73. The van der Waals surface area contributed by atoms with Crippen molar-refractivity contribution < 1.29 is 9.47 Å². The molecule has 1 saturated carbocycles. The maximum atomic E-state index is 5.86. The minimum absolute atomic E-state index is 0.0385. The van der Waals surface area contributed by atoms with Gasteiger partial charge >= 0.3 is 0 Å². The summed E-state index contributed by atoms with van der Waals surface area (Å²) in [5.41, 5.74) is 0. The van der Waals surface area contributed by atoms with E-state index in [1.165, 1.54) is 12.8 Å². The minimum Gasteiger partial charge on any atom is -0.497 e. The summed E-state index contributed by atoms with van der Waals surface area (Å²) in [7, 11) is 3.44. The summed E-state index contributed by atoms with van der Waals surface area (Å²) in [5, 5.41) is 6.62. The second-order valence-electron chi connectivity index (χ2n) is 5.38. The number of nitrogens with one attached hydrogen (secondary N) is 2. The fourth-order valence-electron chi connectivity index (χ4n) is 1.97. The first-order chi connectivity index (χ1) is 10.2. The molecule has 0 aromatic heterocycles. The van der Waals surface area contributed by atoms with Gasteiger partial charge in [0.25, 0.3) is 0 Å². The van der Waals surface area contributed by atoms with E-state index in [1.807, 2.05) is 31.2 Å². The maximum Gasteiger partial charge on any atom is 0.191 e. The van der Waals surface area contributed by atoms with Gasteiger partial charge in [-0.1, -0.05) is 6.07 Å². The van der Waals surface area contributed by atoms with Gasteiger partial charge in [0.05, 0.1) is 13.7 Å². The van der Waals surface area contributed by atoms with Crippen molar-refractivity contribution in [3.05, 3.63) is 24.3 Å². The third-order valence-electron chi connectivity index (χ3n) is 3.41. The first-order valence-electron chi connectivity index (χ1n) is 7.46. The van der Waals surface area contributed by atoms with Crippen LogP contribution in [0.25, 0.3) is 0 Å². The molecule has 1 aromatic carbocycles. The van der Waals surface area contributed by atoms with Crippen molar-refractivity contribution in [2.45, 2.75) is 25.9 Å². The summed E-state index contributed by atoms with van der Waals surface area (Å²) in [6.45, 7) is 3.73. The van der Waals surface area contributed by atoms with Gasteiger partial charge in [0, 0.05) is 19.7 Å². The third kappa shape index (κ3) is 5.53. The normalized spacial score (nSPS) is 16.2. The van der Waals surface area contributed by atoms with E-state index in [2.05, 4.69) is 15.6 Å². The molecule has 0 aliphatic heterocycles. The molecule has 1 aliphatic rings. The van der Waals surface area contributed by atoms with Gasteiger partial charge in [-0.15, -0.1) is 0 Å². The fraction of sp³-hybridized carbons (Fsp3) is 0.562. The Hall–Kier alpha value is -1.91. The number of hydrogen-bond acceptors (Lipinski definition) is 3. The van der Waals surface area contributed by atoms with Crippen molar-refractivity contribution in [3.8, 4) is 11.5 Å². The standard InChI is InChI=1S/C16H25N3O2/c1-12(21-15-6-4-5-14(9-15)20-3)10-18-16(17-2)19-11-13-7-8-13/h4-6,9,12-13H,7-8,10-11H2,1-3H3,(H2,17,18,19). The number of aliphatic imine (C=N–C) groups is 1. The molecule has 0 amide bonds. The number of nitrogens with zero attached hydrogens (tertiary/aromatic N) is 1. The van der Waals surface area contributed by atoms with E-state index in [-0.39, 0.29) is 6.10 Å². The van der Waals surface area contributed by atoms with Crippen molar-refractivity contribution >= 4 is 5.96 Å². The van der Waals surface area contributed by atoms with Gasteiger partial charge in [-0.05, 0) is 37.8 Å². The zero-order valence-electron chi connectivity index (χ0n) is 13.1. The largest absolute Gasteiger partial charge is 0.497 e. The van der Waals surface area contributed by atoms with E-state index in [1.54, 1.807) is 14.2 Å². The van der Waals surface area contributed by atoms with Crippen LogP contribution >= 0.6 is 0 Å². The van der Waals surface area contributed by atoms with Gasteiger partial charge < -0.3 is 20.1 Å². The van der Waals surface area contributed by atoms with Crippen LogP contribution in [0.4, 0.5) is 0 Å². The molecule has 5 heteroatoms. The van der Waals surface area contributed by atoms with Crippen LogP contribution in [0.2, 0.25) is 0 Å². The van der Waals surface area contributed by atoms with Crippen molar-refractivity contribution in [2.24, 2.45) is 10.9 Å². The van der Waals surface area contributed by atoms with Gasteiger partial charge in [0.1, 0.15) is 17.6 Å². The second-order valence-corrected chi connectivity index (χ2v) is 5.38. The molecule has 5 nitrogen and oxygen atoms in total. The maximum absolute atomic E-state index is 5.86. The van der Waals surface area contributed by atoms with Crippen molar-refractivity contribution in [2.75, 3.05) is 27.2 Å². The van der Waals surface area contributed by atoms with Gasteiger partial charge in [-0.25, -0.2) is 0 Å². The van der Waals surface area contributed by atoms with Crippen LogP contribution in [-0.2, 0) is 0 Å². The molecule has 1 aliphatic carbocycles. The van der Waals surface area contributed by atoms with Crippen LogP contribution in [-0.4, -0.2) is 39.3 Å². The van der Waals surface area contributed by atoms with Gasteiger partial charge in [-0.3, -0.25) is 4.99 Å². The molecule has 2 N–H and O–H groups in total. The molecule has 0 saturated heterocycles. The minimum atomic E-state index is 0.0385. The molecule has 21 heavy (non-hydrogen) atoms. The van der Waals surface area contributed by atoms with Crippen LogP contribution in [0.3, 0.4) is 0 Å². The van der Waals surface area contributed by atoms with Crippen molar-refractivity contribution in [1.82, 2.24) is 10.6 Å². The van der Waals surface area contributed by atoms with Crippen LogP contribution in [0.5, 0.6) is 11.5 Å². The molecule has 0 heterocycles.